The van der Waals surface area contributed by atoms with E-state index in [2.05, 4.69) is 117 Å². The van der Waals surface area contributed by atoms with Crippen LogP contribution in [0.2, 0.25) is 0 Å². The van der Waals surface area contributed by atoms with Crippen molar-refractivity contribution in [1.29, 1.82) is 0 Å². The van der Waals surface area contributed by atoms with Crippen molar-refractivity contribution < 1.29 is 0 Å². The molecule has 0 unspecified atom stereocenters. The molecule has 0 radical (unpaired) electrons. The number of hydrogen-bond donors (Lipinski definition) is 0. The minimum absolute atomic E-state index is 0.959. The average molecular weight is 513 g/mol. The van der Waals surface area contributed by atoms with Crippen molar-refractivity contribution in [1.82, 2.24) is 0 Å². The van der Waals surface area contributed by atoms with Gasteiger partial charge in [0.15, 0.2) is 0 Å². The highest BCUT2D eigenvalue weighted by atomic mass is 14.3. The van der Waals surface area contributed by atoms with Gasteiger partial charge in [0.25, 0.3) is 0 Å². The standard InChI is InChI=1S/C40H32/c1-5-31-32(6-2)38(25-24-35(31)28-17-10-9-11-18-28)40-34(8-4)33(7-3)39(36-20-14-15-21-37(36)40)30-23-22-27-16-12-13-19-29(27)26-30/h5-14,16-20,22-26H,1-4,15,21H2. The molecule has 1 aliphatic carbocycles. The largest absolute Gasteiger partial charge is 0.0984 e. The molecule has 1 aliphatic rings. The lowest BCUT2D eigenvalue weighted by Gasteiger charge is -2.27. The third-order valence-corrected chi connectivity index (χ3v) is 8.07. The van der Waals surface area contributed by atoms with Gasteiger partial charge in [-0.2, -0.15) is 0 Å². The lowest BCUT2D eigenvalue weighted by atomic mass is 9.76. The summed E-state index contributed by atoms with van der Waals surface area (Å²) in [5, 5.41) is 2.47. The van der Waals surface area contributed by atoms with Crippen LogP contribution in [0.25, 0.3) is 74.5 Å². The Morgan fingerprint density at radius 2 is 1.15 bits per heavy atom. The monoisotopic (exact) mass is 512 g/mol. The molecular formula is C40H32. The summed E-state index contributed by atoms with van der Waals surface area (Å²) in [4.78, 5) is 0. The van der Waals surface area contributed by atoms with Crippen LogP contribution < -0.4 is 0 Å². The zero-order valence-electron chi connectivity index (χ0n) is 22.8. The van der Waals surface area contributed by atoms with Crippen LogP contribution in [-0.2, 0) is 6.42 Å². The molecule has 0 fully saturated rings. The molecule has 0 nitrogen and oxygen atoms in total. The molecular weight excluding hydrogens is 480 g/mol. The van der Waals surface area contributed by atoms with E-state index in [1.54, 1.807) is 0 Å². The third-order valence-electron chi connectivity index (χ3n) is 8.07. The van der Waals surface area contributed by atoms with Crippen molar-refractivity contribution in [3.63, 3.8) is 0 Å². The fraction of sp³-hybridized carbons (Fsp3) is 0.0500. The molecule has 6 rings (SSSR count). The molecule has 0 bridgehead atoms. The van der Waals surface area contributed by atoms with Crippen molar-refractivity contribution in [2.45, 2.75) is 12.8 Å². The second-order valence-corrected chi connectivity index (χ2v) is 10.1. The molecule has 0 spiro atoms. The van der Waals surface area contributed by atoms with Crippen LogP contribution in [0, 0.1) is 0 Å². The van der Waals surface area contributed by atoms with E-state index in [0.29, 0.717) is 0 Å². The average Bonchev–Trinajstić information content (AvgIpc) is 3.02. The molecule has 0 N–H and O–H groups in total. The summed E-state index contributed by atoms with van der Waals surface area (Å²) in [5.41, 5.74) is 14.1. The van der Waals surface area contributed by atoms with Crippen LogP contribution in [0.15, 0.2) is 117 Å². The molecule has 0 aliphatic heterocycles. The normalized spacial score (nSPS) is 12.1. The molecule has 5 aromatic carbocycles. The molecule has 5 aromatic rings. The highest BCUT2D eigenvalue weighted by Gasteiger charge is 2.25. The molecule has 0 amide bonds. The summed E-state index contributed by atoms with van der Waals surface area (Å²) in [5.74, 6) is 0. The zero-order chi connectivity index (χ0) is 27.6. The van der Waals surface area contributed by atoms with Gasteiger partial charge in [-0.05, 0) is 96.4 Å². The Hall–Kier alpha value is -4.94. The summed E-state index contributed by atoms with van der Waals surface area (Å²) in [6, 6.07) is 30.2. The fourth-order valence-electron chi connectivity index (χ4n) is 6.29. The van der Waals surface area contributed by atoms with Crippen LogP contribution in [0.4, 0.5) is 0 Å². The first-order valence-electron chi connectivity index (χ1n) is 13.8. The Labute approximate surface area is 237 Å². The first-order chi connectivity index (χ1) is 19.7. The number of benzene rings is 5. The van der Waals surface area contributed by atoms with Gasteiger partial charge in [0.05, 0.1) is 0 Å². The van der Waals surface area contributed by atoms with Gasteiger partial charge in [0, 0.05) is 0 Å². The lowest BCUT2D eigenvalue weighted by molar-refractivity contribution is 0.987. The van der Waals surface area contributed by atoms with E-state index in [1.165, 1.54) is 44.2 Å². The van der Waals surface area contributed by atoms with Gasteiger partial charge in [-0.3, -0.25) is 0 Å². The smallest absolute Gasteiger partial charge is 0.00297 e. The van der Waals surface area contributed by atoms with Crippen molar-refractivity contribution in [2.75, 3.05) is 0 Å². The summed E-state index contributed by atoms with van der Waals surface area (Å²) in [6.45, 7) is 17.1. The fourth-order valence-corrected chi connectivity index (χ4v) is 6.29. The number of hydrogen-bond acceptors (Lipinski definition) is 0. The summed E-state index contributed by atoms with van der Waals surface area (Å²) in [7, 11) is 0. The Morgan fingerprint density at radius 3 is 1.88 bits per heavy atom. The van der Waals surface area contributed by atoms with Crippen LogP contribution in [0.1, 0.15) is 39.8 Å². The molecule has 0 aromatic heterocycles. The quantitative estimate of drug-likeness (QED) is 0.203. The van der Waals surface area contributed by atoms with Gasteiger partial charge in [-0.1, -0.05) is 142 Å². The van der Waals surface area contributed by atoms with E-state index in [1.807, 2.05) is 30.4 Å². The Kier molecular flexibility index (Phi) is 6.76. The molecule has 40 heavy (non-hydrogen) atoms. The topological polar surface area (TPSA) is 0 Å². The van der Waals surface area contributed by atoms with Crippen LogP contribution in [0.5, 0.6) is 0 Å². The predicted molar refractivity (Wildman–Crippen MR) is 178 cm³/mol. The maximum Gasteiger partial charge on any atom is -0.00297 e. The number of fused-ring (bicyclic) bond motifs is 2. The van der Waals surface area contributed by atoms with Crippen LogP contribution in [0.3, 0.4) is 0 Å². The Balaban J connectivity index is 1.69. The molecule has 0 heterocycles. The molecule has 0 saturated heterocycles. The van der Waals surface area contributed by atoms with Gasteiger partial charge < -0.3 is 0 Å². The predicted octanol–water partition coefficient (Wildman–Crippen LogP) is 11.4. The second kappa shape index (κ2) is 10.7. The third kappa shape index (κ3) is 4.10. The van der Waals surface area contributed by atoms with E-state index in [0.717, 1.165) is 46.2 Å². The molecule has 0 atom stereocenters. The van der Waals surface area contributed by atoms with E-state index in [-0.39, 0.29) is 0 Å². The van der Waals surface area contributed by atoms with E-state index in [9.17, 15) is 0 Å². The van der Waals surface area contributed by atoms with Crippen molar-refractivity contribution in [2.24, 2.45) is 0 Å². The van der Waals surface area contributed by atoms with E-state index in [4.69, 9.17) is 0 Å². The molecule has 192 valence electrons. The van der Waals surface area contributed by atoms with Gasteiger partial charge in [-0.15, -0.1) is 0 Å². The Bertz CT molecular complexity index is 1840. The SMILES string of the molecule is C=Cc1c(-c2ccccc2)ccc(-c2c(C=C)c(C=C)c(-c3ccc4ccccc4c3)c3c2CCC=C3)c1C=C. The maximum atomic E-state index is 4.31. The van der Waals surface area contributed by atoms with Crippen molar-refractivity contribution >= 4 is 41.2 Å². The number of rotatable bonds is 7. The minimum Gasteiger partial charge on any atom is -0.0984 e. The van der Waals surface area contributed by atoms with Gasteiger partial charge in [0.2, 0.25) is 0 Å². The van der Waals surface area contributed by atoms with Crippen molar-refractivity contribution in [3.8, 4) is 33.4 Å². The maximum absolute atomic E-state index is 4.31. The second-order valence-electron chi connectivity index (χ2n) is 10.1. The van der Waals surface area contributed by atoms with Gasteiger partial charge >= 0.3 is 0 Å². The Morgan fingerprint density at radius 1 is 0.525 bits per heavy atom. The van der Waals surface area contributed by atoms with E-state index < -0.39 is 0 Å². The lowest BCUT2D eigenvalue weighted by Crippen LogP contribution is -2.07. The first kappa shape index (κ1) is 25.3. The van der Waals surface area contributed by atoms with Crippen LogP contribution >= 0.6 is 0 Å². The summed E-state index contributed by atoms with van der Waals surface area (Å²) in [6.07, 6.45) is 14.5. The molecule has 0 heteroatoms. The highest BCUT2D eigenvalue weighted by molar-refractivity contribution is 6.00. The van der Waals surface area contributed by atoms with Gasteiger partial charge in [0.1, 0.15) is 0 Å². The van der Waals surface area contributed by atoms with Crippen LogP contribution in [-0.4, -0.2) is 0 Å². The summed E-state index contributed by atoms with van der Waals surface area (Å²) < 4.78 is 0. The van der Waals surface area contributed by atoms with Crippen molar-refractivity contribution in [3.05, 3.63) is 151 Å². The number of allylic oxidation sites excluding steroid dienone is 1. The zero-order valence-corrected chi connectivity index (χ0v) is 22.8. The highest BCUT2D eigenvalue weighted by Crippen LogP contribution is 2.47. The molecule has 0 saturated carbocycles. The first-order valence-corrected chi connectivity index (χ1v) is 13.8. The minimum atomic E-state index is 0.959. The van der Waals surface area contributed by atoms with E-state index >= 15 is 0 Å². The van der Waals surface area contributed by atoms with Gasteiger partial charge in [-0.25, -0.2) is 0 Å². The summed E-state index contributed by atoms with van der Waals surface area (Å²) >= 11 is 0.